The molecule has 110 valence electrons. The van der Waals surface area contributed by atoms with Crippen molar-refractivity contribution in [2.24, 2.45) is 0 Å². The van der Waals surface area contributed by atoms with Gasteiger partial charge in [-0.05, 0) is 57.0 Å². The van der Waals surface area contributed by atoms with Crippen LogP contribution in [-0.2, 0) is 9.31 Å². The SMILES string of the molecule is [B]C([B])([B])Oc1cc(F)cc(B2OC(C)(C)C(C)(C)O2)c1C. The van der Waals surface area contributed by atoms with Gasteiger partial charge in [0.25, 0.3) is 0 Å². The molecule has 6 radical (unpaired) electrons. The number of rotatable bonds is 3. The van der Waals surface area contributed by atoms with E-state index in [-0.39, 0.29) is 5.75 Å². The van der Waals surface area contributed by atoms with Crippen molar-refractivity contribution in [2.75, 3.05) is 0 Å². The summed E-state index contributed by atoms with van der Waals surface area (Å²) in [7, 11) is 15.6. The third-order valence-electron chi connectivity index (χ3n) is 4.16. The van der Waals surface area contributed by atoms with Crippen LogP contribution in [0.3, 0.4) is 0 Å². The van der Waals surface area contributed by atoms with E-state index in [9.17, 15) is 4.39 Å². The molecule has 0 spiro atoms. The summed E-state index contributed by atoms with van der Waals surface area (Å²) in [5, 5.41) is -1.90. The summed E-state index contributed by atoms with van der Waals surface area (Å²) in [6.07, 6.45) is 0. The molecule has 1 aliphatic rings. The third kappa shape index (κ3) is 3.38. The van der Waals surface area contributed by atoms with E-state index in [1.54, 1.807) is 6.92 Å². The summed E-state index contributed by atoms with van der Waals surface area (Å²) in [6, 6.07) is 2.51. The summed E-state index contributed by atoms with van der Waals surface area (Å²) in [5.41, 5.74) is 0.0525. The van der Waals surface area contributed by atoms with E-state index >= 15 is 0 Å². The third-order valence-corrected chi connectivity index (χ3v) is 4.16. The molecular formula is C14H17B4FO3. The Hall–Kier alpha value is -0.870. The maximum atomic E-state index is 13.9. The average molecular weight is 296 g/mol. The van der Waals surface area contributed by atoms with Gasteiger partial charge >= 0.3 is 7.12 Å². The lowest BCUT2D eigenvalue weighted by Gasteiger charge is -2.32. The molecule has 0 saturated carbocycles. The van der Waals surface area contributed by atoms with Gasteiger partial charge in [0.05, 0.1) is 11.2 Å². The maximum absolute atomic E-state index is 13.9. The van der Waals surface area contributed by atoms with Gasteiger partial charge in [-0.2, -0.15) is 0 Å². The predicted octanol–water partition coefficient (Wildman–Crippen LogP) is 0.929. The zero-order valence-electron chi connectivity index (χ0n) is 13.6. The summed E-state index contributed by atoms with van der Waals surface area (Å²) in [5.74, 6) is -0.369. The highest BCUT2D eigenvalue weighted by Crippen LogP contribution is 2.37. The van der Waals surface area contributed by atoms with E-state index < -0.39 is 29.4 Å². The zero-order valence-corrected chi connectivity index (χ0v) is 13.6. The van der Waals surface area contributed by atoms with Gasteiger partial charge in [0.2, 0.25) is 0 Å². The minimum Gasteiger partial charge on any atom is -0.515 e. The van der Waals surface area contributed by atoms with Crippen molar-refractivity contribution >= 4 is 36.1 Å². The lowest BCUT2D eigenvalue weighted by molar-refractivity contribution is 0.00578. The molecule has 1 aromatic carbocycles. The van der Waals surface area contributed by atoms with Crippen LogP contribution in [0.2, 0.25) is 0 Å². The Labute approximate surface area is 135 Å². The standard InChI is InChI=1S/C14H17B4FO3/c1-8-10(18-21-12(2,3)13(4,5)22-18)6-9(19)7-11(8)20-14(15,16)17/h6-7H,1-5H3. The lowest BCUT2D eigenvalue weighted by Crippen LogP contribution is -2.41. The van der Waals surface area contributed by atoms with Gasteiger partial charge in [-0.25, -0.2) is 4.39 Å². The molecule has 0 unspecified atom stereocenters. The van der Waals surface area contributed by atoms with E-state index in [1.165, 1.54) is 12.1 Å². The maximum Gasteiger partial charge on any atom is 0.495 e. The van der Waals surface area contributed by atoms with Gasteiger partial charge in [-0.1, -0.05) is 0 Å². The second-order valence-corrected chi connectivity index (χ2v) is 6.66. The van der Waals surface area contributed by atoms with Crippen LogP contribution in [0.5, 0.6) is 5.75 Å². The number of benzene rings is 1. The van der Waals surface area contributed by atoms with Crippen molar-refractivity contribution in [2.45, 2.75) is 51.1 Å². The first-order chi connectivity index (χ1) is 9.82. The lowest BCUT2D eigenvalue weighted by atomic mass is 9.52. The fraction of sp³-hybridized carbons (Fsp3) is 0.571. The molecule has 0 aromatic heterocycles. The Balaban J connectivity index is 2.41. The predicted molar refractivity (Wildman–Crippen MR) is 87.5 cm³/mol. The fourth-order valence-corrected chi connectivity index (χ4v) is 2.19. The van der Waals surface area contributed by atoms with E-state index in [4.69, 9.17) is 37.6 Å². The molecule has 0 atom stereocenters. The van der Waals surface area contributed by atoms with Gasteiger partial charge < -0.3 is 14.0 Å². The second-order valence-electron chi connectivity index (χ2n) is 6.66. The van der Waals surface area contributed by atoms with Crippen molar-refractivity contribution in [1.29, 1.82) is 0 Å². The highest BCUT2D eigenvalue weighted by atomic mass is 19.1. The van der Waals surface area contributed by atoms with Gasteiger partial charge in [0, 0.05) is 6.07 Å². The average Bonchev–Trinajstić information content (AvgIpc) is 2.50. The molecular weight excluding hydrogens is 278 g/mol. The molecule has 0 amide bonds. The Morgan fingerprint density at radius 3 is 2.05 bits per heavy atom. The van der Waals surface area contributed by atoms with Crippen molar-refractivity contribution in [1.82, 2.24) is 0 Å². The van der Waals surface area contributed by atoms with Crippen molar-refractivity contribution in [3.8, 4) is 5.75 Å². The van der Waals surface area contributed by atoms with Crippen molar-refractivity contribution < 1.29 is 18.4 Å². The van der Waals surface area contributed by atoms with Crippen LogP contribution in [0, 0.1) is 12.7 Å². The van der Waals surface area contributed by atoms with Crippen molar-refractivity contribution in [3.63, 3.8) is 0 Å². The van der Waals surface area contributed by atoms with E-state index in [0.717, 1.165) is 0 Å². The minimum atomic E-state index is -1.90. The molecule has 0 aliphatic carbocycles. The van der Waals surface area contributed by atoms with E-state index in [2.05, 4.69) is 0 Å². The number of ether oxygens (including phenoxy) is 1. The monoisotopic (exact) mass is 296 g/mol. The second kappa shape index (κ2) is 5.34. The first kappa shape index (κ1) is 17.5. The van der Waals surface area contributed by atoms with Gasteiger partial charge in [-0.15, -0.1) is 0 Å². The van der Waals surface area contributed by atoms with Crippen LogP contribution in [0.25, 0.3) is 0 Å². The Morgan fingerprint density at radius 1 is 1.09 bits per heavy atom. The molecule has 1 aliphatic heterocycles. The summed E-state index contributed by atoms with van der Waals surface area (Å²) in [4.78, 5) is 0. The topological polar surface area (TPSA) is 27.7 Å². The summed E-state index contributed by atoms with van der Waals surface area (Å²) < 4.78 is 31.0. The Morgan fingerprint density at radius 2 is 1.59 bits per heavy atom. The molecule has 8 heteroatoms. The van der Waals surface area contributed by atoms with Crippen LogP contribution in [0.15, 0.2) is 12.1 Å². The number of hydrogen-bond donors (Lipinski definition) is 0. The fourth-order valence-electron chi connectivity index (χ4n) is 2.19. The van der Waals surface area contributed by atoms with Gasteiger partial charge in [0.1, 0.15) is 35.1 Å². The molecule has 2 rings (SSSR count). The van der Waals surface area contributed by atoms with Crippen molar-refractivity contribution in [3.05, 3.63) is 23.5 Å². The highest BCUT2D eigenvalue weighted by molar-refractivity contribution is 6.62. The molecule has 1 fully saturated rings. The van der Waals surface area contributed by atoms with Crippen LogP contribution < -0.4 is 10.2 Å². The van der Waals surface area contributed by atoms with Crippen LogP contribution >= 0.6 is 0 Å². The van der Waals surface area contributed by atoms with Crippen LogP contribution in [0.4, 0.5) is 4.39 Å². The smallest absolute Gasteiger partial charge is 0.495 e. The van der Waals surface area contributed by atoms with Crippen LogP contribution in [0.1, 0.15) is 33.3 Å². The summed E-state index contributed by atoms with van der Waals surface area (Å²) in [6.45, 7) is 9.42. The minimum absolute atomic E-state index is 0.150. The molecule has 1 heterocycles. The van der Waals surface area contributed by atoms with E-state index in [0.29, 0.717) is 11.0 Å². The molecule has 3 nitrogen and oxygen atoms in total. The first-order valence-corrected chi connectivity index (χ1v) is 7.04. The molecule has 1 saturated heterocycles. The molecule has 0 bridgehead atoms. The quantitative estimate of drug-likeness (QED) is 0.777. The van der Waals surface area contributed by atoms with Gasteiger partial charge in [0.15, 0.2) is 0 Å². The summed E-state index contributed by atoms with van der Waals surface area (Å²) >= 11 is 0. The number of hydrogen-bond acceptors (Lipinski definition) is 3. The van der Waals surface area contributed by atoms with E-state index in [1.807, 2.05) is 27.7 Å². The zero-order chi connectivity index (χ0) is 16.9. The van der Waals surface area contributed by atoms with Crippen LogP contribution in [-0.4, -0.2) is 47.2 Å². The Bertz CT molecular complexity index is 568. The molecule has 0 N–H and O–H groups in total. The molecule has 1 aromatic rings. The van der Waals surface area contributed by atoms with Gasteiger partial charge in [-0.3, -0.25) is 0 Å². The Kier molecular flexibility index (Phi) is 4.25. The largest absolute Gasteiger partial charge is 0.515 e. The number of halogens is 1. The normalized spacial score (nSPS) is 20.2. The first-order valence-electron chi connectivity index (χ1n) is 7.04. The molecule has 22 heavy (non-hydrogen) atoms. The highest BCUT2D eigenvalue weighted by Gasteiger charge is 2.52.